The third-order valence-corrected chi connectivity index (χ3v) is 4.86. The molecule has 3 N–H and O–H groups in total. The number of hydrogen-bond donors (Lipinski definition) is 2. The molecule has 0 bridgehead atoms. The van der Waals surface area contributed by atoms with Gasteiger partial charge in [0.15, 0.2) is 0 Å². The number of piperidine rings is 1. The molecule has 1 aromatic heterocycles. The van der Waals surface area contributed by atoms with Crippen LogP contribution in [0.15, 0.2) is 17.5 Å². The standard InChI is InChI=1S/C15H25N3OS/c1-12(16)13-4-2-8-18(10-13)11-15(19)17-7-6-14-5-3-9-20-14/h3,5,9,12-13H,2,4,6-8,10-11,16H2,1H3,(H,17,19). The first kappa shape index (κ1) is 15.5. The van der Waals surface area contributed by atoms with Crippen LogP contribution < -0.4 is 11.1 Å². The van der Waals surface area contributed by atoms with Crippen LogP contribution in [-0.2, 0) is 11.2 Å². The van der Waals surface area contributed by atoms with E-state index in [2.05, 4.69) is 28.6 Å². The molecule has 0 aliphatic carbocycles. The van der Waals surface area contributed by atoms with Gasteiger partial charge >= 0.3 is 0 Å². The highest BCUT2D eigenvalue weighted by Crippen LogP contribution is 2.18. The van der Waals surface area contributed by atoms with Crippen molar-refractivity contribution in [1.82, 2.24) is 10.2 Å². The van der Waals surface area contributed by atoms with E-state index in [0.717, 1.165) is 32.5 Å². The van der Waals surface area contributed by atoms with Crippen LogP contribution in [0.2, 0.25) is 0 Å². The first-order chi connectivity index (χ1) is 9.65. The Labute approximate surface area is 125 Å². The number of nitrogens with one attached hydrogen (secondary N) is 1. The fourth-order valence-corrected chi connectivity index (χ4v) is 3.41. The first-order valence-corrected chi connectivity index (χ1v) is 8.30. The highest BCUT2D eigenvalue weighted by Gasteiger charge is 2.23. The van der Waals surface area contributed by atoms with Crippen LogP contribution in [0, 0.1) is 5.92 Å². The second-order valence-corrected chi connectivity index (χ2v) is 6.71. The average Bonchev–Trinajstić information content (AvgIpc) is 2.92. The summed E-state index contributed by atoms with van der Waals surface area (Å²) in [6, 6.07) is 4.37. The molecule has 2 unspecified atom stereocenters. The zero-order valence-corrected chi connectivity index (χ0v) is 13.0. The van der Waals surface area contributed by atoms with E-state index in [4.69, 9.17) is 5.73 Å². The highest BCUT2D eigenvalue weighted by molar-refractivity contribution is 7.09. The summed E-state index contributed by atoms with van der Waals surface area (Å²) >= 11 is 1.74. The van der Waals surface area contributed by atoms with Gasteiger partial charge in [0.25, 0.3) is 0 Å². The van der Waals surface area contributed by atoms with Gasteiger partial charge < -0.3 is 11.1 Å². The molecule has 0 saturated carbocycles. The van der Waals surface area contributed by atoms with Crippen molar-refractivity contribution in [2.75, 3.05) is 26.2 Å². The number of rotatable bonds is 6. The SMILES string of the molecule is CC(N)C1CCCN(CC(=O)NCCc2cccs2)C1. The van der Waals surface area contributed by atoms with Gasteiger partial charge in [-0.25, -0.2) is 0 Å². The molecule has 0 aromatic carbocycles. The third kappa shape index (κ3) is 4.89. The maximum absolute atomic E-state index is 11.9. The van der Waals surface area contributed by atoms with Crippen LogP contribution >= 0.6 is 11.3 Å². The van der Waals surface area contributed by atoms with E-state index in [1.807, 2.05) is 6.07 Å². The molecular formula is C15H25N3OS. The van der Waals surface area contributed by atoms with E-state index in [1.165, 1.54) is 11.3 Å². The molecule has 0 spiro atoms. The van der Waals surface area contributed by atoms with Crippen LogP contribution in [0.5, 0.6) is 0 Å². The quantitative estimate of drug-likeness (QED) is 0.835. The number of amides is 1. The Morgan fingerprint density at radius 1 is 1.65 bits per heavy atom. The second kappa shape index (κ2) is 7.76. The van der Waals surface area contributed by atoms with Crippen LogP contribution in [0.25, 0.3) is 0 Å². The molecule has 0 radical (unpaired) electrons. The van der Waals surface area contributed by atoms with Crippen molar-refractivity contribution >= 4 is 17.2 Å². The Morgan fingerprint density at radius 3 is 3.20 bits per heavy atom. The lowest BCUT2D eigenvalue weighted by Gasteiger charge is -2.34. The molecule has 1 aliphatic heterocycles. The molecule has 2 heterocycles. The van der Waals surface area contributed by atoms with Crippen molar-refractivity contribution in [2.45, 2.75) is 32.2 Å². The van der Waals surface area contributed by atoms with Crippen molar-refractivity contribution < 1.29 is 4.79 Å². The molecule has 4 nitrogen and oxygen atoms in total. The smallest absolute Gasteiger partial charge is 0.234 e. The number of thiophene rings is 1. The number of nitrogens with zero attached hydrogens (tertiary/aromatic N) is 1. The minimum absolute atomic E-state index is 0.131. The number of likely N-dealkylation sites (tertiary alicyclic amines) is 1. The number of carbonyl (C=O) groups excluding carboxylic acids is 1. The van der Waals surface area contributed by atoms with Crippen LogP contribution in [0.4, 0.5) is 0 Å². The van der Waals surface area contributed by atoms with Gasteiger partial charge in [-0.15, -0.1) is 11.3 Å². The maximum atomic E-state index is 11.9. The van der Waals surface area contributed by atoms with E-state index >= 15 is 0 Å². The zero-order valence-electron chi connectivity index (χ0n) is 12.2. The minimum Gasteiger partial charge on any atom is -0.355 e. The average molecular weight is 295 g/mol. The monoisotopic (exact) mass is 295 g/mol. The summed E-state index contributed by atoms with van der Waals surface area (Å²) in [5, 5.41) is 5.08. The van der Waals surface area contributed by atoms with Gasteiger partial charge in [-0.05, 0) is 50.1 Å². The molecule has 2 rings (SSSR count). The van der Waals surface area contributed by atoms with E-state index in [9.17, 15) is 4.79 Å². The largest absolute Gasteiger partial charge is 0.355 e. The Balaban J connectivity index is 1.66. The predicted molar refractivity (Wildman–Crippen MR) is 83.8 cm³/mol. The molecule has 1 fully saturated rings. The Hall–Kier alpha value is -0.910. The van der Waals surface area contributed by atoms with Gasteiger partial charge in [-0.3, -0.25) is 9.69 Å². The summed E-state index contributed by atoms with van der Waals surface area (Å²) < 4.78 is 0. The highest BCUT2D eigenvalue weighted by atomic mass is 32.1. The molecule has 112 valence electrons. The van der Waals surface area contributed by atoms with E-state index in [0.29, 0.717) is 12.5 Å². The Bertz CT molecular complexity index is 405. The Kier molecular flexibility index (Phi) is 6.01. The molecular weight excluding hydrogens is 270 g/mol. The van der Waals surface area contributed by atoms with Gasteiger partial charge in [-0.1, -0.05) is 6.07 Å². The van der Waals surface area contributed by atoms with Crippen molar-refractivity contribution in [2.24, 2.45) is 11.7 Å². The fraction of sp³-hybridized carbons (Fsp3) is 0.667. The van der Waals surface area contributed by atoms with E-state index in [1.54, 1.807) is 11.3 Å². The summed E-state index contributed by atoms with van der Waals surface area (Å²) in [4.78, 5) is 15.5. The van der Waals surface area contributed by atoms with Gasteiger partial charge in [0.05, 0.1) is 6.54 Å². The molecule has 1 amide bonds. The lowest BCUT2D eigenvalue weighted by molar-refractivity contribution is -0.122. The van der Waals surface area contributed by atoms with Gasteiger partial charge in [0.1, 0.15) is 0 Å². The molecule has 1 saturated heterocycles. The van der Waals surface area contributed by atoms with Gasteiger partial charge in [0.2, 0.25) is 5.91 Å². The summed E-state index contributed by atoms with van der Waals surface area (Å²) in [6.45, 7) is 5.27. The van der Waals surface area contributed by atoms with Crippen molar-refractivity contribution in [3.05, 3.63) is 22.4 Å². The second-order valence-electron chi connectivity index (χ2n) is 5.68. The normalized spacial score (nSPS) is 21.6. The number of nitrogens with two attached hydrogens (primary N) is 1. The fourth-order valence-electron chi connectivity index (χ4n) is 2.70. The molecule has 5 heteroatoms. The Morgan fingerprint density at radius 2 is 2.50 bits per heavy atom. The number of hydrogen-bond acceptors (Lipinski definition) is 4. The van der Waals surface area contributed by atoms with Crippen LogP contribution in [0.1, 0.15) is 24.6 Å². The lowest BCUT2D eigenvalue weighted by Crippen LogP contribution is -2.46. The van der Waals surface area contributed by atoms with E-state index in [-0.39, 0.29) is 11.9 Å². The van der Waals surface area contributed by atoms with Crippen LogP contribution in [0.3, 0.4) is 0 Å². The van der Waals surface area contributed by atoms with Crippen molar-refractivity contribution in [3.8, 4) is 0 Å². The third-order valence-electron chi connectivity index (χ3n) is 3.93. The summed E-state index contributed by atoms with van der Waals surface area (Å²) in [7, 11) is 0. The zero-order chi connectivity index (χ0) is 14.4. The summed E-state index contributed by atoms with van der Waals surface area (Å²) in [6.07, 6.45) is 3.26. The predicted octanol–water partition coefficient (Wildman–Crippen LogP) is 1.47. The number of carbonyl (C=O) groups is 1. The molecule has 1 aromatic rings. The summed E-state index contributed by atoms with van der Waals surface area (Å²) in [5.74, 6) is 0.662. The summed E-state index contributed by atoms with van der Waals surface area (Å²) in [5.41, 5.74) is 5.97. The first-order valence-electron chi connectivity index (χ1n) is 7.42. The van der Waals surface area contributed by atoms with Crippen molar-refractivity contribution in [3.63, 3.8) is 0 Å². The topological polar surface area (TPSA) is 58.4 Å². The maximum Gasteiger partial charge on any atom is 0.234 e. The molecule has 1 aliphatic rings. The lowest BCUT2D eigenvalue weighted by atomic mass is 9.92. The molecule has 20 heavy (non-hydrogen) atoms. The minimum atomic E-state index is 0.131. The molecule has 2 atom stereocenters. The van der Waals surface area contributed by atoms with Gasteiger partial charge in [-0.2, -0.15) is 0 Å². The van der Waals surface area contributed by atoms with Gasteiger partial charge in [0, 0.05) is 24.0 Å². The van der Waals surface area contributed by atoms with Crippen molar-refractivity contribution in [1.29, 1.82) is 0 Å². The van der Waals surface area contributed by atoms with E-state index < -0.39 is 0 Å². The van der Waals surface area contributed by atoms with Crippen LogP contribution in [-0.4, -0.2) is 43.0 Å².